The van der Waals surface area contributed by atoms with Crippen LogP contribution in [0.25, 0.3) is 11.4 Å². The lowest BCUT2D eigenvalue weighted by Gasteiger charge is -2.12. The summed E-state index contributed by atoms with van der Waals surface area (Å²) in [6.45, 7) is 2.36. The summed E-state index contributed by atoms with van der Waals surface area (Å²) < 4.78 is 12.7. The van der Waals surface area contributed by atoms with Gasteiger partial charge in [0.2, 0.25) is 0 Å². The van der Waals surface area contributed by atoms with Crippen molar-refractivity contribution < 1.29 is 13.9 Å². The van der Waals surface area contributed by atoms with Gasteiger partial charge in [-0.1, -0.05) is 42.1 Å². The van der Waals surface area contributed by atoms with Gasteiger partial charge in [0, 0.05) is 11.1 Å². The zero-order chi connectivity index (χ0) is 20.9. The Kier molecular flexibility index (Phi) is 5.99. The summed E-state index contributed by atoms with van der Waals surface area (Å²) in [5.74, 6) is 2.27. The van der Waals surface area contributed by atoms with Crippen molar-refractivity contribution in [3.05, 3.63) is 84.3 Å². The van der Waals surface area contributed by atoms with Crippen LogP contribution in [0.4, 0.5) is 0 Å². The third-order valence-corrected chi connectivity index (χ3v) is 5.75. The molecule has 30 heavy (non-hydrogen) atoms. The number of benzene rings is 2. The van der Waals surface area contributed by atoms with Crippen LogP contribution in [-0.2, 0) is 6.54 Å². The molecule has 4 rings (SSSR count). The topological polar surface area (TPSA) is 70.2 Å². The molecule has 2 heterocycles. The van der Waals surface area contributed by atoms with Crippen LogP contribution in [0.15, 0.2) is 82.6 Å². The van der Waals surface area contributed by atoms with Crippen LogP contribution in [0.5, 0.6) is 5.75 Å². The molecular formula is C23H21N3O3S. The van der Waals surface area contributed by atoms with E-state index in [0.29, 0.717) is 17.3 Å². The molecule has 0 aliphatic rings. The Labute approximate surface area is 178 Å². The van der Waals surface area contributed by atoms with Crippen LogP contribution in [0.1, 0.15) is 23.0 Å². The van der Waals surface area contributed by atoms with E-state index < -0.39 is 0 Å². The van der Waals surface area contributed by atoms with Gasteiger partial charge in [0.25, 0.3) is 0 Å². The highest BCUT2D eigenvalue weighted by Crippen LogP contribution is 2.29. The van der Waals surface area contributed by atoms with E-state index in [0.717, 1.165) is 22.9 Å². The minimum absolute atomic E-state index is 0.0245. The van der Waals surface area contributed by atoms with Gasteiger partial charge in [-0.05, 0) is 43.3 Å². The second-order valence-corrected chi connectivity index (χ2v) is 8.00. The fourth-order valence-corrected chi connectivity index (χ4v) is 4.00. The van der Waals surface area contributed by atoms with E-state index in [4.69, 9.17) is 9.15 Å². The fraction of sp³-hybridized carbons (Fsp3) is 0.174. The molecule has 0 saturated carbocycles. The van der Waals surface area contributed by atoms with Gasteiger partial charge in [-0.2, -0.15) is 0 Å². The third kappa shape index (κ3) is 4.31. The Morgan fingerprint density at radius 2 is 1.83 bits per heavy atom. The SMILES string of the molecule is COc1ccc(C(=O)[C@H](C)Sc2nnc(-c3ccccc3)n2Cc2ccco2)cc1. The summed E-state index contributed by atoms with van der Waals surface area (Å²) in [6.07, 6.45) is 1.64. The molecule has 0 unspecified atom stereocenters. The average Bonchev–Trinajstić information content (AvgIpc) is 3.44. The zero-order valence-electron chi connectivity index (χ0n) is 16.7. The van der Waals surface area contributed by atoms with Gasteiger partial charge in [-0.3, -0.25) is 9.36 Å². The Balaban J connectivity index is 1.61. The molecule has 0 N–H and O–H groups in total. The zero-order valence-corrected chi connectivity index (χ0v) is 17.5. The maximum Gasteiger partial charge on any atom is 0.192 e. The molecule has 152 valence electrons. The van der Waals surface area contributed by atoms with E-state index in [2.05, 4.69) is 10.2 Å². The largest absolute Gasteiger partial charge is 0.497 e. The van der Waals surface area contributed by atoms with Gasteiger partial charge >= 0.3 is 0 Å². The monoisotopic (exact) mass is 419 g/mol. The molecular weight excluding hydrogens is 398 g/mol. The van der Waals surface area contributed by atoms with E-state index in [1.807, 2.05) is 54.0 Å². The summed E-state index contributed by atoms with van der Waals surface area (Å²) in [5, 5.41) is 9.11. The number of ether oxygens (including phenoxy) is 1. The Bertz CT molecular complexity index is 1110. The van der Waals surface area contributed by atoms with Crippen LogP contribution in [0.3, 0.4) is 0 Å². The first kappa shape index (κ1) is 20.0. The van der Waals surface area contributed by atoms with Crippen molar-refractivity contribution in [2.24, 2.45) is 0 Å². The van der Waals surface area contributed by atoms with E-state index >= 15 is 0 Å². The number of nitrogens with zero attached hydrogens (tertiary/aromatic N) is 3. The van der Waals surface area contributed by atoms with Crippen LogP contribution in [-0.4, -0.2) is 32.9 Å². The summed E-state index contributed by atoms with van der Waals surface area (Å²) in [4.78, 5) is 12.9. The highest BCUT2D eigenvalue weighted by atomic mass is 32.2. The summed E-state index contributed by atoms with van der Waals surface area (Å²) in [7, 11) is 1.60. The normalized spacial score (nSPS) is 11.9. The smallest absolute Gasteiger partial charge is 0.192 e. The van der Waals surface area contributed by atoms with Crippen LogP contribution in [0, 0.1) is 0 Å². The predicted octanol–water partition coefficient (Wildman–Crippen LogP) is 4.96. The molecule has 0 radical (unpaired) electrons. The van der Waals surface area contributed by atoms with Crippen molar-refractivity contribution in [2.75, 3.05) is 7.11 Å². The first-order valence-electron chi connectivity index (χ1n) is 9.51. The number of methoxy groups -OCH3 is 1. The molecule has 7 heteroatoms. The fourth-order valence-electron chi connectivity index (χ4n) is 3.08. The molecule has 0 saturated heterocycles. The van der Waals surface area contributed by atoms with Crippen molar-refractivity contribution in [1.29, 1.82) is 0 Å². The molecule has 1 atom stereocenters. The van der Waals surface area contributed by atoms with Crippen LogP contribution < -0.4 is 4.74 Å². The number of carbonyl (C=O) groups is 1. The first-order valence-corrected chi connectivity index (χ1v) is 10.4. The predicted molar refractivity (Wildman–Crippen MR) is 116 cm³/mol. The number of hydrogen-bond acceptors (Lipinski definition) is 6. The Hall–Kier alpha value is -3.32. The van der Waals surface area contributed by atoms with E-state index in [9.17, 15) is 4.79 Å². The molecule has 0 aliphatic heterocycles. The van der Waals surface area contributed by atoms with Crippen molar-refractivity contribution in [3.8, 4) is 17.1 Å². The third-order valence-electron chi connectivity index (χ3n) is 4.67. The number of aromatic nitrogens is 3. The quantitative estimate of drug-likeness (QED) is 0.297. The van der Waals surface area contributed by atoms with Crippen molar-refractivity contribution in [3.63, 3.8) is 0 Å². The highest BCUT2D eigenvalue weighted by molar-refractivity contribution is 8.00. The minimum atomic E-state index is -0.332. The lowest BCUT2D eigenvalue weighted by molar-refractivity contribution is 0.0994. The second kappa shape index (κ2) is 9.00. The number of hydrogen-bond donors (Lipinski definition) is 0. The molecule has 2 aromatic carbocycles. The van der Waals surface area contributed by atoms with Crippen LogP contribution in [0.2, 0.25) is 0 Å². The average molecular weight is 420 g/mol. The van der Waals surface area contributed by atoms with E-state index in [-0.39, 0.29) is 11.0 Å². The molecule has 6 nitrogen and oxygen atoms in total. The van der Waals surface area contributed by atoms with E-state index in [1.54, 1.807) is 37.6 Å². The Morgan fingerprint density at radius 3 is 2.50 bits per heavy atom. The molecule has 0 aliphatic carbocycles. The highest BCUT2D eigenvalue weighted by Gasteiger charge is 2.22. The standard InChI is InChI=1S/C23H21N3O3S/c1-16(21(27)17-10-12-19(28-2)13-11-17)30-23-25-24-22(18-7-4-3-5-8-18)26(23)15-20-9-6-14-29-20/h3-14,16H,15H2,1-2H3/t16-/m0/s1. The minimum Gasteiger partial charge on any atom is -0.497 e. The summed E-state index contributed by atoms with van der Waals surface area (Å²) in [5.41, 5.74) is 1.59. The number of furan rings is 1. The van der Waals surface area contributed by atoms with Crippen molar-refractivity contribution in [1.82, 2.24) is 14.8 Å². The lowest BCUT2D eigenvalue weighted by atomic mass is 10.1. The molecule has 0 bridgehead atoms. The van der Waals surface area contributed by atoms with Gasteiger partial charge < -0.3 is 9.15 Å². The number of Topliss-reactive ketones (excluding diaryl/α,β-unsaturated/α-hetero) is 1. The Morgan fingerprint density at radius 1 is 1.07 bits per heavy atom. The van der Waals surface area contributed by atoms with Gasteiger partial charge in [0.05, 0.1) is 25.2 Å². The van der Waals surface area contributed by atoms with Crippen LogP contribution >= 0.6 is 11.8 Å². The number of ketones is 1. The molecule has 0 fully saturated rings. The molecule has 2 aromatic heterocycles. The van der Waals surface area contributed by atoms with Crippen molar-refractivity contribution in [2.45, 2.75) is 23.9 Å². The van der Waals surface area contributed by atoms with E-state index in [1.165, 1.54) is 11.8 Å². The molecule has 4 aromatic rings. The number of carbonyl (C=O) groups excluding carboxylic acids is 1. The van der Waals surface area contributed by atoms with Gasteiger partial charge in [-0.25, -0.2) is 0 Å². The second-order valence-electron chi connectivity index (χ2n) is 6.69. The maximum atomic E-state index is 12.9. The lowest BCUT2D eigenvalue weighted by Crippen LogP contribution is -2.15. The maximum absolute atomic E-state index is 12.9. The summed E-state index contributed by atoms with van der Waals surface area (Å²) >= 11 is 1.39. The number of thioether (sulfide) groups is 1. The number of rotatable bonds is 8. The van der Waals surface area contributed by atoms with Gasteiger partial charge in [0.1, 0.15) is 11.5 Å². The molecule has 0 amide bonds. The van der Waals surface area contributed by atoms with Gasteiger partial charge in [0.15, 0.2) is 16.8 Å². The van der Waals surface area contributed by atoms with Gasteiger partial charge in [-0.15, -0.1) is 10.2 Å². The summed E-state index contributed by atoms with van der Waals surface area (Å²) in [6, 6.07) is 20.8. The first-order chi connectivity index (χ1) is 14.7. The van der Waals surface area contributed by atoms with Crippen molar-refractivity contribution >= 4 is 17.5 Å². The molecule has 0 spiro atoms.